The Morgan fingerprint density at radius 1 is 1.10 bits per heavy atom. The van der Waals surface area contributed by atoms with E-state index in [1.54, 1.807) is 4.31 Å². The first-order valence-corrected chi connectivity index (χ1v) is 12.5. The molecule has 2 aliphatic rings. The first-order chi connectivity index (χ1) is 14.3. The molecule has 3 rings (SSSR count). The number of nitrogens with zero attached hydrogens (tertiary/aromatic N) is 2. The van der Waals surface area contributed by atoms with Crippen LogP contribution in [0.25, 0.3) is 0 Å². The molecule has 0 saturated carbocycles. The second kappa shape index (κ2) is 9.77. The minimum atomic E-state index is -3.17. The molecule has 0 aromatic heterocycles. The van der Waals surface area contributed by atoms with Gasteiger partial charge in [0, 0.05) is 57.0 Å². The molecule has 1 amide bonds. The number of nitrogens with one attached hydrogen (secondary N) is 1. The summed E-state index contributed by atoms with van der Waals surface area (Å²) in [5.74, 6) is 0.165. The van der Waals surface area contributed by atoms with Crippen molar-refractivity contribution in [2.75, 3.05) is 51.7 Å². The number of benzene rings is 1. The van der Waals surface area contributed by atoms with E-state index < -0.39 is 10.0 Å². The molecular formula is C22H35N3O4S. The Morgan fingerprint density at radius 3 is 2.27 bits per heavy atom. The van der Waals surface area contributed by atoms with Crippen LogP contribution in [0.2, 0.25) is 0 Å². The van der Waals surface area contributed by atoms with Gasteiger partial charge in [-0.05, 0) is 44.2 Å². The van der Waals surface area contributed by atoms with Crippen molar-refractivity contribution >= 4 is 15.9 Å². The molecule has 1 N–H and O–H groups in total. The minimum Gasteiger partial charge on any atom is -0.381 e. The Morgan fingerprint density at radius 2 is 1.70 bits per heavy atom. The Balaban J connectivity index is 1.69. The van der Waals surface area contributed by atoms with Crippen molar-refractivity contribution in [1.29, 1.82) is 0 Å². The molecule has 0 unspecified atom stereocenters. The lowest BCUT2D eigenvalue weighted by molar-refractivity contribution is -0.0385. The summed E-state index contributed by atoms with van der Waals surface area (Å²) in [5, 5.41) is 3.18. The lowest BCUT2D eigenvalue weighted by atomic mass is 9.87. The zero-order chi connectivity index (χ0) is 21.8. The second-order valence-corrected chi connectivity index (χ2v) is 10.6. The van der Waals surface area contributed by atoms with E-state index in [1.165, 1.54) is 0 Å². The summed E-state index contributed by atoms with van der Waals surface area (Å²) in [6.45, 7) is 10.1. The van der Waals surface area contributed by atoms with Crippen LogP contribution in [-0.4, -0.2) is 80.8 Å². The van der Waals surface area contributed by atoms with Gasteiger partial charge in [0.15, 0.2) is 0 Å². The van der Waals surface area contributed by atoms with Crippen LogP contribution in [0.1, 0.15) is 47.7 Å². The van der Waals surface area contributed by atoms with E-state index in [9.17, 15) is 13.2 Å². The van der Waals surface area contributed by atoms with Crippen molar-refractivity contribution < 1.29 is 17.9 Å². The molecule has 30 heavy (non-hydrogen) atoms. The largest absolute Gasteiger partial charge is 0.381 e. The molecule has 2 fully saturated rings. The molecule has 7 nitrogen and oxygen atoms in total. The Bertz CT molecular complexity index is 822. The van der Waals surface area contributed by atoms with Gasteiger partial charge in [-0.15, -0.1) is 0 Å². The topological polar surface area (TPSA) is 79.0 Å². The van der Waals surface area contributed by atoms with Crippen LogP contribution in [0.5, 0.6) is 0 Å². The smallest absolute Gasteiger partial charge is 0.251 e. The van der Waals surface area contributed by atoms with Gasteiger partial charge in [-0.1, -0.05) is 25.1 Å². The van der Waals surface area contributed by atoms with E-state index in [-0.39, 0.29) is 17.2 Å². The van der Waals surface area contributed by atoms with Gasteiger partial charge < -0.3 is 10.1 Å². The molecule has 0 aliphatic carbocycles. The number of ether oxygens (including phenoxy) is 1. The summed E-state index contributed by atoms with van der Waals surface area (Å²) in [6.07, 6.45) is 2.30. The Kier molecular flexibility index (Phi) is 7.55. The van der Waals surface area contributed by atoms with Gasteiger partial charge in [0.05, 0.1) is 5.75 Å². The zero-order valence-electron chi connectivity index (χ0n) is 18.4. The lowest BCUT2D eigenvalue weighted by Crippen LogP contribution is -2.63. The van der Waals surface area contributed by atoms with Crippen molar-refractivity contribution in [2.24, 2.45) is 0 Å². The SMILES string of the molecule is CCCS(=O)(=O)N1CCN(C2(CNC(=O)c3c(C)cccc3C)CCOCC2)CC1. The maximum atomic E-state index is 13.0. The molecule has 2 aliphatic heterocycles. The van der Waals surface area contributed by atoms with E-state index in [0.29, 0.717) is 52.4 Å². The number of piperazine rings is 1. The number of amides is 1. The van der Waals surface area contributed by atoms with Crippen molar-refractivity contribution in [3.8, 4) is 0 Å². The van der Waals surface area contributed by atoms with E-state index in [1.807, 2.05) is 39.0 Å². The minimum absolute atomic E-state index is 0.0411. The third-order valence-corrected chi connectivity index (χ3v) is 8.55. The normalized spacial score (nSPS) is 20.8. The highest BCUT2D eigenvalue weighted by atomic mass is 32.2. The fourth-order valence-electron chi connectivity index (χ4n) is 4.69. The molecule has 2 heterocycles. The summed E-state index contributed by atoms with van der Waals surface area (Å²) >= 11 is 0. The van der Waals surface area contributed by atoms with Crippen LogP contribution in [0.4, 0.5) is 0 Å². The average molecular weight is 438 g/mol. The van der Waals surface area contributed by atoms with Crippen molar-refractivity contribution in [3.63, 3.8) is 0 Å². The Hall–Kier alpha value is -1.48. The maximum absolute atomic E-state index is 13.0. The van der Waals surface area contributed by atoms with Crippen LogP contribution in [0, 0.1) is 13.8 Å². The quantitative estimate of drug-likeness (QED) is 0.705. The molecule has 1 aromatic carbocycles. The summed E-state index contributed by atoms with van der Waals surface area (Å²) in [4.78, 5) is 15.3. The van der Waals surface area contributed by atoms with Crippen LogP contribution in [-0.2, 0) is 14.8 Å². The van der Waals surface area contributed by atoms with Crippen molar-refractivity contribution in [1.82, 2.24) is 14.5 Å². The number of hydrogen-bond donors (Lipinski definition) is 1. The highest BCUT2D eigenvalue weighted by molar-refractivity contribution is 7.89. The van der Waals surface area contributed by atoms with Crippen LogP contribution < -0.4 is 5.32 Å². The second-order valence-electron chi connectivity index (χ2n) is 8.49. The summed E-state index contributed by atoms with van der Waals surface area (Å²) in [6, 6.07) is 5.89. The molecule has 0 atom stereocenters. The van der Waals surface area contributed by atoms with Gasteiger partial charge in [-0.25, -0.2) is 8.42 Å². The molecule has 0 bridgehead atoms. The fraction of sp³-hybridized carbons (Fsp3) is 0.682. The molecule has 8 heteroatoms. The first-order valence-electron chi connectivity index (χ1n) is 10.9. The lowest BCUT2D eigenvalue weighted by Gasteiger charge is -2.49. The third kappa shape index (κ3) is 5.04. The fourth-order valence-corrected chi connectivity index (χ4v) is 6.18. The van der Waals surface area contributed by atoms with Gasteiger partial charge in [0.25, 0.3) is 5.91 Å². The van der Waals surface area contributed by atoms with E-state index in [2.05, 4.69) is 10.2 Å². The summed E-state index contributed by atoms with van der Waals surface area (Å²) in [5.41, 5.74) is 2.51. The number of sulfonamides is 1. The summed E-state index contributed by atoms with van der Waals surface area (Å²) in [7, 11) is -3.17. The number of aryl methyl sites for hydroxylation is 2. The molecule has 168 valence electrons. The molecule has 0 radical (unpaired) electrons. The molecule has 2 saturated heterocycles. The molecule has 0 spiro atoms. The van der Waals surface area contributed by atoms with E-state index in [0.717, 1.165) is 29.5 Å². The monoisotopic (exact) mass is 437 g/mol. The summed E-state index contributed by atoms with van der Waals surface area (Å²) < 4.78 is 32.1. The highest BCUT2D eigenvalue weighted by Crippen LogP contribution is 2.29. The van der Waals surface area contributed by atoms with Crippen molar-refractivity contribution in [3.05, 3.63) is 34.9 Å². The van der Waals surface area contributed by atoms with Crippen LogP contribution in [0.3, 0.4) is 0 Å². The number of carbonyl (C=O) groups excluding carboxylic acids is 1. The van der Waals surface area contributed by atoms with E-state index in [4.69, 9.17) is 4.74 Å². The van der Waals surface area contributed by atoms with Crippen molar-refractivity contribution in [2.45, 2.75) is 45.6 Å². The molecule has 1 aromatic rings. The standard InChI is InChI=1S/C22H35N3O4S/c1-4-16-30(27,28)25-12-10-24(11-13-25)22(8-14-29-15-9-22)17-23-21(26)20-18(2)6-5-7-19(20)3/h5-7H,4,8-17H2,1-3H3,(H,23,26). The van der Waals surface area contributed by atoms with Gasteiger partial charge in [0.2, 0.25) is 10.0 Å². The van der Waals surface area contributed by atoms with Gasteiger partial charge in [-0.2, -0.15) is 4.31 Å². The van der Waals surface area contributed by atoms with Gasteiger partial charge in [-0.3, -0.25) is 9.69 Å². The highest BCUT2D eigenvalue weighted by Gasteiger charge is 2.41. The average Bonchev–Trinajstić information content (AvgIpc) is 2.73. The number of rotatable bonds is 7. The predicted molar refractivity (Wildman–Crippen MR) is 118 cm³/mol. The maximum Gasteiger partial charge on any atom is 0.251 e. The van der Waals surface area contributed by atoms with Crippen LogP contribution >= 0.6 is 0 Å². The van der Waals surface area contributed by atoms with Crippen LogP contribution in [0.15, 0.2) is 18.2 Å². The Labute approximate surface area is 180 Å². The predicted octanol–water partition coefficient (Wildman–Crippen LogP) is 1.94. The zero-order valence-corrected chi connectivity index (χ0v) is 19.3. The molecular weight excluding hydrogens is 402 g/mol. The first kappa shape index (κ1) is 23.2. The van der Waals surface area contributed by atoms with E-state index >= 15 is 0 Å². The third-order valence-electron chi connectivity index (χ3n) is 6.47. The number of hydrogen-bond acceptors (Lipinski definition) is 5. The van der Waals surface area contributed by atoms with Gasteiger partial charge in [0.1, 0.15) is 0 Å². The number of carbonyl (C=O) groups is 1. The van der Waals surface area contributed by atoms with Gasteiger partial charge >= 0.3 is 0 Å².